The molecule has 0 aliphatic rings. The van der Waals surface area contributed by atoms with Gasteiger partial charge in [-0.05, 0) is 28.3 Å². The van der Waals surface area contributed by atoms with Crippen molar-refractivity contribution in [2.45, 2.75) is 19.3 Å². The molecule has 3 rings (SSSR count). The Hall–Kier alpha value is -2.42. The molecule has 0 saturated heterocycles. The molecule has 3 heteroatoms. The predicted molar refractivity (Wildman–Crippen MR) is 84.2 cm³/mol. The van der Waals surface area contributed by atoms with Crippen LogP contribution in [0.4, 0.5) is 0 Å². The molecule has 3 nitrogen and oxygen atoms in total. The van der Waals surface area contributed by atoms with Crippen molar-refractivity contribution in [2.75, 3.05) is 0 Å². The molecule has 0 fully saturated rings. The summed E-state index contributed by atoms with van der Waals surface area (Å²) in [7, 11) is 1.89. The second kappa shape index (κ2) is 5.92. The van der Waals surface area contributed by atoms with Crippen molar-refractivity contribution < 1.29 is 4.79 Å². The Balaban J connectivity index is 1.63. The zero-order valence-corrected chi connectivity index (χ0v) is 12.1. The number of carbonyl (C=O) groups is 1. The fourth-order valence-corrected chi connectivity index (χ4v) is 2.55. The van der Waals surface area contributed by atoms with Gasteiger partial charge >= 0.3 is 0 Å². The zero-order chi connectivity index (χ0) is 14.7. The van der Waals surface area contributed by atoms with Crippen LogP contribution in [-0.2, 0) is 24.7 Å². The van der Waals surface area contributed by atoms with Crippen LogP contribution in [0.1, 0.15) is 17.5 Å². The summed E-state index contributed by atoms with van der Waals surface area (Å²) < 4.78 is 1.77. The molecule has 0 saturated carbocycles. The van der Waals surface area contributed by atoms with Crippen molar-refractivity contribution in [1.82, 2.24) is 9.78 Å². The van der Waals surface area contributed by atoms with Crippen LogP contribution < -0.4 is 0 Å². The third-order valence-electron chi connectivity index (χ3n) is 3.67. The second-order valence-corrected chi connectivity index (χ2v) is 5.42. The van der Waals surface area contributed by atoms with E-state index in [1.165, 1.54) is 10.8 Å². The minimum Gasteiger partial charge on any atom is -0.299 e. The largest absolute Gasteiger partial charge is 0.299 e. The van der Waals surface area contributed by atoms with E-state index in [1.54, 1.807) is 4.68 Å². The first kappa shape index (κ1) is 13.6. The number of carbonyl (C=O) groups excluding carboxylic acids is 1. The van der Waals surface area contributed by atoms with Crippen molar-refractivity contribution in [3.63, 3.8) is 0 Å². The summed E-state index contributed by atoms with van der Waals surface area (Å²) >= 11 is 0. The first-order valence-electron chi connectivity index (χ1n) is 7.17. The van der Waals surface area contributed by atoms with Gasteiger partial charge < -0.3 is 0 Å². The van der Waals surface area contributed by atoms with Crippen LogP contribution in [0.25, 0.3) is 10.8 Å². The maximum absolute atomic E-state index is 12.1. The molecule has 2 aromatic carbocycles. The quantitative estimate of drug-likeness (QED) is 0.717. The molecule has 0 atom stereocenters. The van der Waals surface area contributed by atoms with Crippen molar-refractivity contribution >= 4 is 16.6 Å². The summed E-state index contributed by atoms with van der Waals surface area (Å²) in [6.07, 6.45) is 5.62. The molecule has 0 bridgehead atoms. The topological polar surface area (TPSA) is 34.9 Å². The van der Waals surface area contributed by atoms with Crippen molar-refractivity contribution in [3.8, 4) is 0 Å². The molecule has 0 radical (unpaired) electrons. The highest BCUT2D eigenvalue weighted by Crippen LogP contribution is 2.16. The Labute approximate surface area is 124 Å². The van der Waals surface area contributed by atoms with Gasteiger partial charge in [0.25, 0.3) is 0 Å². The van der Waals surface area contributed by atoms with Gasteiger partial charge in [-0.25, -0.2) is 0 Å². The van der Waals surface area contributed by atoms with Crippen molar-refractivity contribution in [1.29, 1.82) is 0 Å². The van der Waals surface area contributed by atoms with Gasteiger partial charge in [0.1, 0.15) is 5.78 Å². The number of rotatable bonds is 5. The van der Waals surface area contributed by atoms with Gasteiger partial charge in [-0.2, -0.15) is 5.10 Å². The van der Waals surface area contributed by atoms with E-state index in [4.69, 9.17) is 0 Å². The van der Waals surface area contributed by atoms with E-state index in [2.05, 4.69) is 29.4 Å². The van der Waals surface area contributed by atoms with E-state index in [-0.39, 0.29) is 5.78 Å². The Kier molecular flexibility index (Phi) is 3.82. The van der Waals surface area contributed by atoms with Crippen LogP contribution in [0.2, 0.25) is 0 Å². The van der Waals surface area contributed by atoms with Gasteiger partial charge in [-0.1, -0.05) is 42.5 Å². The second-order valence-electron chi connectivity index (χ2n) is 5.42. The molecule has 1 heterocycles. The third kappa shape index (κ3) is 3.37. The van der Waals surface area contributed by atoms with Gasteiger partial charge in [-0.3, -0.25) is 9.48 Å². The SMILES string of the molecule is Cn1cc(CCC(=O)Cc2ccc3ccccc3c2)cn1. The van der Waals surface area contributed by atoms with Gasteiger partial charge in [0.15, 0.2) is 0 Å². The predicted octanol–water partition coefficient (Wildman–Crippen LogP) is 3.32. The molecule has 0 amide bonds. The molecular weight excluding hydrogens is 260 g/mol. The minimum atomic E-state index is 0.272. The first-order valence-corrected chi connectivity index (χ1v) is 7.17. The molecule has 0 unspecified atom stereocenters. The Bertz CT molecular complexity index is 773. The number of Topliss-reactive ketones (excluding diaryl/α,β-unsaturated/α-hetero) is 1. The van der Waals surface area contributed by atoms with Gasteiger partial charge in [0.2, 0.25) is 0 Å². The number of hydrogen-bond donors (Lipinski definition) is 0. The number of nitrogens with zero attached hydrogens (tertiary/aromatic N) is 2. The standard InChI is InChI=1S/C18H18N2O/c1-20-13-15(12-19-20)7-9-18(21)11-14-6-8-16-4-2-3-5-17(16)10-14/h2-6,8,10,12-13H,7,9,11H2,1H3. The molecule has 0 aliphatic carbocycles. The number of aryl methyl sites for hydroxylation is 2. The van der Waals surface area contributed by atoms with Crippen LogP contribution in [0.3, 0.4) is 0 Å². The van der Waals surface area contributed by atoms with E-state index < -0.39 is 0 Å². The van der Waals surface area contributed by atoms with Gasteiger partial charge in [0, 0.05) is 26.1 Å². The highest BCUT2D eigenvalue weighted by Gasteiger charge is 2.06. The highest BCUT2D eigenvalue weighted by molar-refractivity contribution is 5.86. The smallest absolute Gasteiger partial charge is 0.137 e. The lowest BCUT2D eigenvalue weighted by Crippen LogP contribution is -2.04. The molecule has 0 aliphatic heterocycles. The molecule has 21 heavy (non-hydrogen) atoms. The molecule has 3 aromatic rings. The molecule has 0 spiro atoms. The maximum Gasteiger partial charge on any atom is 0.137 e. The minimum absolute atomic E-state index is 0.272. The Morgan fingerprint density at radius 3 is 2.67 bits per heavy atom. The van der Waals surface area contributed by atoms with E-state index in [1.807, 2.05) is 37.6 Å². The molecular formula is C18H18N2O. The lowest BCUT2D eigenvalue weighted by molar-refractivity contribution is -0.118. The monoisotopic (exact) mass is 278 g/mol. The van der Waals surface area contributed by atoms with E-state index in [0.29, 0.717) is 12.8 Å². The van der Waals surface area contributed by atoms with Crippen LogP contribution in [0, 0.1) is 0 Å². The van der Waals surface area contributed by atoms with Gasteiger partial charge in [-0.15, -0.1) is 0 Å². The molecule has 0 N–H and O–H groups in total. The average molecular weight is 278 g/mol. The van der Waals surface area contributed by atoms with Crippen LogP contribution in [0.15, 0.2) is 54.9 Å². The first-order chi connectivity index (χ1) is 10.2. The summed E-state index contributed by atoms with van der Waals surface area (Å²) in [5.74, 6) is 0.272. The fraction of sp³-hybridized carbons (Fsp3) is 0.222. The van der Waals surface area contributed by atoms with E-state index in [9.17, 15) is 4.79 Å². The summed E-state index contributed by atoms with van der Waals surface area (Å²) in [4.78, 5) is 12.1. The van der Waals surface area contributed by atoms with Crippen molar-refractivity contribution in [2.24, 2.45) is 7.05 Å². The van der Waals surface area contributed by atoms with Crippen LogP contribution in [0.5, 0.6) is 0 Å². The van der Waals surface area contributed by atoms with E-state index >= 15 is 0 Å². The molecule has 106 valence electrons. The number of hydrogen-bond acceptors (Lipinski definition) is 2. The molecule has 1 aromatic heterocycles. The lowest BCUT2D eigenvalue weighted by atomic mass is 10.0. The average Bonchev–Trinajstić information content (AvgIpc) is 2.91. The Morgan fingerprint density at radius 2 is 1.90 bits per heavy atom. The summed E-state index contributed by atoms with van der Waals surface area (Å²) in [6.45, 7) is 0. The Morgan fingerprint density at radius 1 is 1.10 bits per heavy atom. The normalized spacial score (nSPS) is 10.9. The van der Waals surface area contributed by atoms with Crippen LogP contribution in [-0.4, -0.2) is 15.6 Å². The number of aromatic nitrogens is 2. The zero-order valence-electron chi connectivity index (χ0n) is 12.1. The summed E-state index contributed by atoms with van der Waals surface area (Å²) in [6, 6.07) is 14.5. The summed E-state index contributed by atoms with van der Waals surface area (Å²) in [5.41, 5.74) is 2.20. The lowest BCUT2D eigenvalue weighted by Gasteiger charge is -2.03. The fourth-order valence-electron chi connectivity index (χ4n) is 2.55. The van der Waals surface area contributed by atoms with Gasteiger partial charge in [0.05, 0.1) is 6.20 Å². The van der Waals surface area contributed by atoms with Crippen LogP contribution >= 0.6 is 0 Å². The van der Waals surface area contributed by atoms with E-state index in [0.717, 1.165) is 17.5 Å². The number of ketones is 1. The number of fused-ring (bicyclic) bond motifs is 1. The highest BCUT2D eigenvalue weighted by atomic mass is 16.1. The third-order valence-corrected chi connectivity index (χ3v) is 3.67. The maximum atomic E-state index is 12.1. The summed E-state index contributed by atoms with van der Waals surface area (Å²) in [5, 5.41) is 6.52. The van der Waals surface area contributed by atoms with Crippen molar-refractivity contribution in [3.05, 3.63) is 66.0 Å². The number of benzene rings is 2.